The maximum atomic E-state index is 14.8. The van der Waals surface area contributed by atoms with Crippen LogP contribution in [0.5, 0.6) is 0 Å². The summed E-state index contributed by atoms with van der Waals surface area (Å²) >= 11 is 0. The van der Waals surface area contributed by atoms with Gasteiger partial charge in [0, 0.05) is 31.7 Å². The van der Waals surface area contributed by atoms with E-state index in [0.29, 0.717) is 12.8 Å². The number of halogens is 1. The highest BCUT2D eigenvalue weighted by atomic mass is 19.1. The van der Waals surface area contributed by atoms with Gasteiger partial charge >= 0.3 is 0 Å². The first kappa shape index (κ1) is 26.1. The summed E-state index contributed by atoms with van der Waals surface area (Å²) in [6.45, 7) is 0.541. The third-order valence-electron chi connectivity index (χ3n) is 7.37. The number of hydrogen-bond acceptors (Lipinski definition) is 7. The number of likely N-dealkylation sites (tertiary alicyclic amines) is 1. The molecule has 5 rings (SSSR count). The van der Waals surface area contributed by atoms with Gasteiger partial charge in [-0.05, 0) is 29.9 Å². The van der Waals surface area contributed by atoms with Crippen molar-refractivity contribution >= 4 is 28.4 Å². The van der Waals surface area contributed by atoms with Gasteiger partial charge in [0.25, 0.3) is 11.7 Å². The van der Waals surface area contributed by atoms with Crippen LogP contribution in [-0.2, 0) is 10.4 Å². The highest BCUT2D eigenvalue weighted by Crippen LogP contribution is 2.42. The largest absolute Gasteiger partial charge is 0.403 e. The van der Waals surface area contributed by atoms with Gasteiger partial charge in [-0.15, -0.1) is 0 Å². The quantitative estimate of drug-likeness (QED) is 0.125. The summed E-state index contributed by atoms with van der Waals surface area (Å²) in [5, 5.41) is 13.1. The van der Waals surface area contributed by atoms with Gasteiger partial charge in [-0.2, -0.15) is 0 Å². The number of H-pyrrole nitrogens is 1. The van der Waals surface area contributed by atoms with Crippen LogP contribution >= 0.6 is 0 Å². The number of carbonyl (C=O) groups excluding carboxylic acids is 2. The summed E-state index contributed by atoms with van der Waals surface area (Å²) in [5.74, 6) is 3.52. The number of pyridine rings is 1. The molecule has 1 saturated heterocycles. The zero-order valence-electron chi connectivity index (χ0n) is 21.1. The number of ketones is 1. The molecule has 0 aliphatic carbocycles. The molecule has 1 amide bonds. The lowest BCUT2D eigenvalue weighted by molar-refractivity contribution is -0.129. The molecule has 2 aromatic heterocycles. The summed E-state index contributed by atoms with van der Waals surface area (Å²) in [7, 11) is 0. The Bertz CT molecular complexity index is 1470. The van der Waals surface area contributed by atoms with Crippen molar-refractivity contribution in [3.05, 3.63) is 108 Å². The highest BCUT2D eigenvalue weighted by molar-refractivity contribution is 6.45. The molecule has 10 heteroatoms. The molecule has 1 aliphatic rings. The Morgan fingerprint density at radius 3 is 2.23 bits per heavy atom. The van der Waals surface area contributed by atoms with Crippen molar-refractivity contribution in [2.24, 2.45) is 17.5 Å². The highest BCUT2D eigenvalue weighted by Gasteiger charge is 2.42. The molecule has 0 unspecified atom stereocenters. The topological polar surface area (TPSA) is 142 Å². The Morgan fingerprint density at radius 2 is 1.67 bits per heavy atom. The zero-order chi connectivity index (χ0) is 27.6. The van der Waals surface area contributed by atoms with Gasteiger partial charge in [-0.25, -0.2) is 15.2 Å². The lowest BCUT2D eigenvalue weighted by atomic mass is 9.72. The van der Waals surface area contributed by atoms with Crippen LogP contribution in [0.1, 0.15) is 34.3 Å². The van der Waals surface area contributed by atoms with Crippen molar-refractivity contribution < 1.29 is 19.1 Å². The van der Waals surface area contributed by atoms with Crippen molar-refractivity contribution in [3.63, 3.8) is 0 Å². The predicted octanol–water partition coefficient (Wildman–Crippen LogP) is 3.17. The smallest absolute Gasteiger partial charge is 0.295 e. The number of fused-ring (bicyclic) bond motifs is 1. The minimum atomic E-state index is -1.25. The lowest BCUT2D eigenvalue weighted by Crippen LogP contribution is -2.47. The molecule has 1 aliphatic heterocycles. The molecular formula is C29H29FN6O3. The number of aliphatic hydroxyl groups is 1. The van der Waals surface area contributed by atoms with Crippen molar-refractivity contribution in [1.29, 1.82) is 0 Å². The molecule has 9 nitrogen and oxygen atoms in total. The second-order valence-corrected chi connectivity index (χ2v) is 9.52. The maximum Gasteiger partial charge on any atom is 0.295 e. The number of amides is 1. The summed E-state index contributed by atoms with van der Waals surface area (Å²) < 4.78 is 14.8. The van der Waals surface area contributed by atoms with Gasteiger partial charge in [0.15, 0.2) is 11.6 Å². The number of rotatable bonds is 7. The van der Waals surface area contributed by atoms with E-state index < -0.39 is 23.1 Å². The van der Waals surface area contributed by atoms with Crippen LogP contribution in [0.25, 0.3) is 10.9 Å². The molecule has 3 heterocycles. The summed E-state index contributed by atoms with van der Waals surface area (Å²) in [6, 6.07) is 18.9. The third kappa shape index (κ3) is 4.64. The summed E-state index contributed by atoms with van der Waals surface area (Å²) in [4.78, 5) is 34.8. The van der Waals surface area contributed by atoms with Gasteiger partial charge in [0.2, 0.25) is 0 Å². The van der Waals surface area contributed by atoms with E-state index in [2.05, 4.69) is 9.97 Å². The van der Waals surface area contributed by atoms with E-state index in [1.807, 2.05) is 60.7 Å². The molecule has 1 fully saturated rings. The monoisotopic (exact) mass is 528 g/mol. The number of anilines is 1. The Hall–Kier alpha value is -4.54. The van der Waals surface area contributed by atoms with E-state index in [4.69, 9.17) is 11.6 Å². The maximum absolute atomic E-state index is 14.8. The molecule has 200 valence electrons. The van der Waals surface area contributed by atoms with Crippen LogP contribution in [0, 0.1) is 11.7 Å². The van der Waals surface area contributed by atoms with Crippen LogP contribution in [0.15, 0.2) is 85.5 Å². The van der Waals surface area contributed by atoms with E-state index >= 15 is 0 Å². The van der Waals surface area contributed by atoms with Crippen LogP contribution < -0.4 is 16.6 Å². The van der Waals surface area contributed by atoms with Crippen LogP contribution in [0.2, 0.25) is 0 Å². The van der Waals surface area contributed by atoms with Crippen molar-refractivity contribution in [3.8, 4) is 0 Å². The van der Waals surface area contributed by atoms with Crippen LogP contribution in [-0.4, -0.2) is 44.8 Å². The van der Waals surface area contributed by atoms with E-state index in [0.717, 1.165) is 22.3 Å². The van der Waals surface area contributed by atoms with Crippen molar-refractivity contribution in [2.75, 3.05) is 18.1 Å². The van der Waals surface area contributed by atoms with Gasteiger partial charge < -0.3 is 20.7 Å². The normalized spacial score (nSPS) is 14.7. The first-order valence-electron chi connectivity index (χ1n) is 12.6. The van der Waals surface area contributed by atoms with Crippen molar-refractivity contribution in [2.45, 2.75) is 18.4 Å². The minimum Gasteiger partial charge on any atom is -0.403 e. The second kappa shape index (κ2) is 10.7. The Kier molecular flexibility index (Phi) is 7.14. The fraction of sp³-hybridized carbons (Fsp3) is 0.207. The predicted molar refractivity (Wildman–Crippen MR) is 146 cm³/mol. The molecular weight excluding hydrogens is 499 g/mol. The van der Waals surface area contributed by atoms with Gasteiger partial charge in [-0.3, -0.25) is 14.6 Å². The Morgan fingerprint density at radius 1 is 1.08 bits per heavy atom. The SMILES string of the molecule is N/C=C\N(N)c1ncc(F)c2c(C(=O)C(=O)N3CCC(C(O)(c4ccccc4)c4ccccc4)CC3)c[nH]c12. The van der Waals surface area contributed by atoms with Gasteiger partial charge in [0.1, 0.15) is 5.60 Å². The van der Waals surface area contributed by atoms with Crippen molar-refractivity contribution in [1.82, 2.24) is 14.9 Å². The molecule has 2 aromatic carbocycles. The number of hydrazine groups is 1. The minimum absolute atomic E-state index is 0.0726. The van der Waals surface area contributed by atoms with E-state index in [1.54, 1.807) is 0 Å². The lowest BCUT2D eigenvalue weighted by Gasteiger charge is -2.42. The summed E-state index contributed by atoms with van der Waals surface area (Å²) in [6.07, 6.45) is 5.69. The molecule has 0 atom stereocenters. The van der Waals surface area contributed by atoms with Gasteiger partial charge in [-0.1, -0.05) is 60.7 Å². The second-order valence-electron chi connectivity index (χ2n) is 9.52. The summed E-state index contributed by atoms with van der Waals surface area (Å²) in [5.41, 5.74) is 5.74. The number of nitrogens with two attached hydrogens (primary N) is 2. The molecule has 0 radical (unpaired) electrons. The Labute approximate surface area is 224 Å². The van der Waals surface area contributed by atoms with Crippen LogP contribution in [0.4, 0.5) is 10.2 Å². The molecule has 39 heavy (non-hydrogen) atoms. The van der Waals surface area contributed by atoms with E-state index in [9.17, 15) is 19.1 Å². The number of nitrogens with one attached hydrogen (secondary N) is 1. The molecule has 0 saturated carbocycles. The number of nitrogens with zero attached hydrogens (tertiary/aromatic N) is 3. The number of Topliss-reactive ketones (excluding diaryl/α,β-unsaturated/α-hetero) is 1. The Balaban J connectivity index is 1.38. The fourth-order valence-electron chi connectivity index (χ4n) is 5.41. The average molecular weight is 529 g/mol. The number of aromatic amines is 1. The number of carbonyl (C=O) groups is 2. The number of benzene rings is 2. The standard InChI is InChI=1S/C29H29FN6O3/c30-23-18-34-27(36(32)16-13-31)25-24(23)22(17-33-25)26(37)28(38)35-14-11-21(12-15-35)29(39,19-7-3-1-4-8-19)20-9-5-2-6-10-20/h1-10,13,16-18,21,33,39H,11-12,14-15,31-32H2/b16-13-. The zero-order valence-corrected chi connectivity index (χ0v) is 21.1. The number of piperidine rings is 1. The third-order valence-corrected chi connectivity index (χ3v) is 7.37. The van der Waals surface area contributed by atoms with Gasteiger partial charge in [0.05, 0.1) is 22.7 Å². The molecule has 4 aromatic rings. The molecule has 6 N–H and O–H groups in total. The van der Waals surface area contributed by atoms with E-state index in [1.165, 1.54) is 23.5 Å². The van der Waals surface area contributed by atoms with Crippen LogP contribution in [0.3, 0.4) is 0 Å². The number of hydrogen-bond donors (Lipinski definition) is 4. The molecule has 0 bridgehead atoms. The molecule has 0 spiro atoms. The number of aromatic nitrogens is 2. The van der Waals surface area contributed by atoms with E-state index in [-0.39, 0.29) is 41.3 Å². The first-order chi connectivity index (χ1) is 18.9. The first-order valence-corrected chi connectivity index (χ1v) is 12.6. The average Bonchev–Trinajstić information content (AvgIpc) is 3.43. The fourth-order valence-corrected chi connectivity index (χ4v) is 5.41.